The van der Waals surface area contributed by atoms with E-state index in [2.05, 4.69) is 5.32 Å². The van der Waals surface area contributed by atoms with Crippen LogP contribution in [0.2, 0.25) is 0 Å². The number of aliphatic carboxylic acids is 1. The van der Waals surface area contributed by atoms with Gasteiger partial charge in [0.2, 0.25) is 0 Å². The molecular formula is C13H19NO3S. The van der Waals surface area contributed by atoms with Crippen molar-refractivity contribution in [3.05, 3.63) is 29.8 Å². The van der Waals surface area contributed by atoms with Crippen LogP contribution in [0.3, 0.4) is 0 Å². The molecule has 2 N–H and O–H groups in total. The number of hydrogen-bond acceptors (Lipinski definition) is 4. The van der Waals surface area contributed by atoms with Crippen molar-refractivity contribution in [2.75, 3.05) is 26.5 Å². The van der Waals surface area contributed by atoms with Crippen molar-refractivity contribution in [1.29, 1.82) is 0 Å². The minimum absolute atomic E-state index is 0.620. The number of benzene rings is 1. The molecule has 0 bridgehead atoms. The summed E-state index contributed by atoms with van der Waals surface area (Å²) in [4.78, 5) is 12.3. The van der Waals surface area contributed by atoms with Crippen LogP contribution in [-0.2, 0) is 9.53 Å². The van der Waals surface area contributed by atoms with E-state index in [1.54, 1.807) is 18.9 Å². The highest BCUT2D eigenvalue weighted by Gasteiger charge is 2.18. The average Bonchev–Trinajstić information content (AvgIpc) is 2.39. The fraction of sp³-hybridized carbons (Fsp3) is 0.462. The first-order valence-corrected chi connectivity index (χ1v) is 7.00. The second kappa shape index (κ2) is 8.13. The number of carboxylic acids is 1. The van der Waals surface area contributed by atoms with Crippen LogP contribution in [0, 0.1) is 0 Å². The van der Waals surface area contributed by atoms with Gasteiger partial charge in [-0.2, -0.15) is 0 Å². The molecule has 0 heterocycles. The first-order valence-electron chi connectivity index (χ1n) is 5.78. The van der Waals surface area contributed by atoms with Gasteiger partial charge in [0.25, 0.3) is 0 Å². The molecule has 18 heavy (non-hydrogen) atoms. The van der Waals surface area contributed by atoms with Crippen LogP contribution in [0.15, 0.2) is 29.2 Å². The molecule has 0 spiro atoms. The molecule has 0 fully saturated rings. The third-order valence-electron chi connectivity index (χ3n) is 2.57. The molecular weight excluding hydrogens is 250 g/mol. The van der Waals surface area contributed by atoms with Gasteiger partial charge in [0.1, 0.15) is 6.04 Å². The Morgan fingerprint density at radius 3 is 2.61 bits per heavy atom. The van der Waals surface area contributed by atoms with Crippen LogP contribution >= 0.6 is 11.8 Å². The van der Waals surface area contributed by atoms with Gasteiger partial charge in [-0.05, 0) is 36.9 Å². The molecule has 0 radical (unpaired) electrons. The Morgan fingerprint density at radius 2 is 2.11 bits per heavy atom. The molecule has 4 nitrogen and oxygen atoms in total. The molecule has 1 atom stereocenters. The van der Waals surface area contributed by atoms with Crippen molar-refractivity contribution >= 4 is 17.7 Å². The summed E-state index contributed by atoms with van der Waals surface area (Å²) in [5.41, 5.74) is 0.776. The van der Waals surface area contributed by atoms with Crippen molar-refractivity contribution in [1.82, 2.24) is 5.32 Å². The Hall–Kier alpha value is -1.04. The van der Waals surface area contributed by atoms with E-state index in [9.17, 15) is 9.90 Å². The van der Waals surface area contributed by atoms with Gasteiger partial charge in [-0.1, -0.05) is 12.1 Å². The van der Waals surface area contributed by atoms with Gasteiger partial charge in [-0.25, -0.2) is 0 Å². The third-order valence-corrected chi connectivity index (χ3v) is 3.31. The Bertz CT molecular complexity index is 367. The molecule has 0 aliphatic rings. The van der Waals surface area contributed by atoms with Crippen molar-refractivity contribution in [3.8, 4) is 0 Å². The maximum atomic E-state index is 11.2. The number of carboxylic acid groups (broad SMARTS) is 1. The van der Waals surface area contributed by atoms with E-state index in [-0.39, 0.29) is 0 Å². The van der Waals surface area contributed by atoms with Gasteiger partial charge >= 0.3 is 5.97 Å². The minimum atomic E-state index is -0.857. The van der Waals surface area contributed by atoms with Crippen LogP contribution in [0.25, 0.3) is 0 Å². The lowest BCUT2D eigenvalue weighted by molar-refractivity contribution is -0.139. The van der Waals surface area contributed by atoms with E-state index in [4.69, 9.17) is 4.74 Å². The molecule has 5 heteroatoms. The Morgan fingerprint density at radius 1 is 1.44 bits per heavy atom. The molecule has 1 aromatic rings. The predicted octanol–water partition coefficient (Wildman–Crippen LogP) is 2.16. The van der Waals surface area contributed by atoms with E-state index >= 15 is 0 Å². The van der Waals surface area contributed by atoms with Crippen molar-refractivity contribution in [2.24, 2.45) is 0 Å². The molecule has 1 unspecified atom stereocenters. The van der Waals surface area contributed by atoms with Crippen LogP contribution in [0.5, 0.6) is 0 Å². The number of ether oxygens (including phenoxy) is 1. The molecule has 0 saturated carbocycles. The topological polar surface area (TPSA) is 58.6 Å². The summed E-state index contributed by atoms with van der Waals surface area (Å²) in [5.74, 6) is -0.857. The predicted molar refractivity (Wildman–Crippen MR) is 73.1 cm³/mol. The zero-order chi connectivity index (χ0) is 13.4. The summed E-state index contributed by atoms with van der Waals surface area (Å²) in [6.07, 6.45) is 2.79. The largest absolute Gasteiger partial charge is 0.480 e. The Balaban J connectivity index is 2.62. The number of rotatable bonds is 8. The van der Waals surface area contributed by atoms with Gasteiger partial charge in [0, 0.05) is 18.6 Å². The molecule has 0 aliphatic carbocycles. The van der Waals surface area contributed by atoms with E-state index in [0.29, 0.717) is 13.2 Å². The van der Waals surface area contributed by atoms with E-state index < -0.39 is 12.0 Å². The zero-order valence-corrected chi connectivity index (χ0v) is 11.5. The normalized spacial score (nSPS) is 12.3. The number of thioether (sulfide) groups is 1. The maximum absolute atomic E-state index is 11.2. The molecule has 0 aliphatic heterocycles. The van der Waals surface area contributed by atoms with Crippen LogP contribution in [0.1, 0.15) is 18.0 Å². The fourth-order valence-corrected chi connectivity index (χ4v) is 2.02. The lowest BCUT2D eigenvalue weighted by atomic mass is 10.1. The lowest BCUT2D eigenvalue weighted by Crippen LogP contribution is -2.29. The summed E-state index contributed by atoms with van der Waals surface area (Å²) in [6, 6.07) is 6.93. The second-order valence-electron chi connectivity index (χ2n) is 3.84. The Labute approximate surface area is 112 Å². The van der Waals surface area contributed by atoms with Gasteiger partial charge in [0.05, 0.1) is 0 Å². The fourth-order valence-electron chi connectivity index (χ4n) is 1.61. The van der Waals surface area contributed by atoms with Gasteiger partial charge in [-0.3, -0.25) is 4.79 Å². The standard InChI is InChI=1S/C13H19NO3S/c1-17-9-3-8-14-12(13(15)16)10-4-6-11(18-2)7-5-10/h4-7,12,14H,3,8-9H2,1-2H3,(H,15,16). The van der Waals surface area contributed by atoms with Gasteiger partial charge in [-0.15, -0.1) is 11.8 Å². The lowest BCUT2D eigenvalue weighted by Gasteiger charge is -2.15. The van der Waals surface area contributed by atoms with Crippen molar-refractivity contribution in [3.63, 3.8) is 0 Å². The number of carbonyl (C=O) groups is 1. The van der Waals surface area contributed by atoms with Gasteiger partial charge in [0.15, 0.2) is 0 Å². The molecule has 100 valence electrons. The van der Waals surface area contributed by atoms with Crippen LogP contribution in [0.4, 0.5) is 0 Å². The smallest absolute Gasteiger partial charge is 0.325 e. The minimum Gasteiger partial charge on any atom is -0.480 e. The molecule has 0 saturated heterocycles. The highest BCUT2D eigenvalue weighted by Crippen LogP contribution is 2.19. The molecule has 1 rings (SSSR count). The Kier molecular flexibility index (Phi) is 6.78. The average molecular weight is 269 g/mol. The molecule has 0 amide bonds. The molecule has 0 aromatic heterocycles. The number of hydrogen-bond donors (Lipinski definition) is 2. The summed E-state index contributed by atoms with van der Waals surface area (Å²) < 4.78 is 4.93. The van der Waals surface area contributed by atoms with E-state index in [1.807, 2.05) is 30.5 Å². The summed E-state index contributed by atoms with van der Waals surface area (Å²) in [5, 5.41) is 12.2. The summed E-state index contributed by atoms with van der Waals surface area (Å²) in [6.45, 7) is 1.25. The monoisotopic (exact) mass is 269 g/mol. The van der Waals surface area contributed by atoms with E-state index in [0.717, 1.165) is 16.9 Å². The number of methoxy groups -OCH3 is 1. The van der Waals surface area contributed by atoms with Crippen molar-refractivity contribution in [2.45, 2.75) is 17.4 Å². The van der Waals surface area contributed by atoms with Crippen molar-refractivity contribution < 1.29 is 14.6 Å². The van der Waals surface area contributed by atoms with E-state index in [1.165, 1.54) is 0 Å². The van der Waals surface area contributed by atoms with Gasteiger partial charge < -0.3 is 15.2 Å². The summed E-state index contributed by atoms with van der Waals surface area (Å²) in [7, 11) is 1.63. The van der Waals surface area contributed by atoms with Crippen LogP contribution < -0.4 is 5.32 Å². The molecule has 1 aromatic carbocycles. The highest BCUT2D eigenvalue weighted by atomic mass is 32.2. The quantitative estimate of drug-likeness (QED) is 0.559. The summed E-state index contributed by atoms with van der Waals surface area (Å²) >= 11 is 1.64. The third kappa shape index (κ3) is 4.68. The SMILES string of the molecule is COCCCNC(C(=O)O)c1ccc(SC)cc1. The number of nitrogens with one attached hydrogen (secondary N) is 1. The first kappa shape index (κ1) is 15.0. The first-order chi connectivity index (χ1) is 8.69. The zero-order valence-electron chi connectivity index (χ0n) is 10.7. The maximum Gasteiger partial charge on any atom is 0.325 e. The van der Waals surface area contributed by atoms with Crippen LogP contribution in [-0.4, -0.2) is 37.6 Å². The highest BCUT2D eigenvalue weighted by molar-refractivity contribution is 7.98. The second-order valence-corrected chi connectivity index (χ2v) is 4.72.